The molecule has 0 saturated heterocycles. The van der Waals surface area contributed by atoms with E-state index in [0.29, 0.717) is 6.54 Å². The molecule has 3 rings (SSSR count). The van der Waals surface area contributed by atoms with Crippen molar-refractivity contribution in [3.63, 3.8) is 0 Å². The minimum absolute atomic E-state index is 0.00924. The monoisotopic (exact) mass is 379 g/mol. The molecule has 1 amide bonds. The summed E-state index contributed by atoms with van der Waals surface area (Å²) >= 11 is 5.08. The molecule has 1 heterocycles. The highest BCUT2D eigenvalue weighted by Gasteiger charge is 2.14. The molecule has 1 aromatic heterocycles. The zero-order valence-electron chi connectivity index (χ0n) is 12.5. The quantitative estimate of drug-likeness (QED) is 0.784. The zero-order valence-corrected chi connectivity index (χ0v) is 14.9. The van der Waals surface area contributed by atoms with Crippen LogP contribution >= 0.6 is 27.3 Å². The van der Waals surface area contributed by atoms with Gasteiger partial charge in [0.15, 0.2) is 6.61 Å². The zero-order chi connectivity index (χ0) is 15.5. The molecular weight excluding hydrogens is 362 g/mol. The van der Waals surface area contributed by atoms with Gasteiger partial charge in [0.1, 0.15) is 5.75 Å². The van der Waals surface area contributed by atoms with E-state index in [1.165, 1.54) is 17.5 Å². The number of hydrogen-bond donors (Lipinski definition) is 0. The summed E-state index contributed by atoms with van der Waals surface area (Å²) in [7, 11) is 1.81. The topological polar surface area (TPSA) is 29.5 Å². The molecule has 1 aliphatic rings. The van der Waals surface area contributed by atoms with Crippen LogP contribution < -0.4 is 4.74 Å². The highest BCUT2D eigenvalue weighted by Crippen LogP contribution is 2.26. The van der Waals surface area contributed by atoms with Gasteiger partial charge >= 0.3 is 0 Å². The van der Waals surface area contributed by atoms with Gasteiger partial charge in [0.05, 0.1) is 10.3 Å². The largest absolute Gasteiger partial charge is 0.484 e. The highest BCUT2D eigenvalue weighted by molar-refractivity contribution is 9.11. The number of carbonyl (C=O) groups is 1. The van der Waals surface area contributed by atoms with Crippen LogP contribution in [0.5, 0.6) is 5.75 Å². The molecule has 116 valence electrons. The first-order valence-corrected chi connectivity index (χ1v) is 8.95. The number of ether oxygens (including phenoxy) is 1. The third-order valence-electron chi connectivity index (χ3n) is 3.88. The maximum absolute atomic E-state index is 12.2. The lowest BCUT2D eigenvalue weighted by molar-refractivity contribution is -0.132. The Balaban J connectivity index is 1.53. The number of thiophene rings is 1. The molecule has 0 atom stereocenters. The summed E-state index contributed by atoms with van der Waals surface area (Å²) in [5, 5.41) is 0. The molecule has 2 aromatic rings. The van der Waals surface area contributed by atoms with E-state index in [-0.39, 0.29) is 12.5 Å². The Labute approximate surface area is 143 Å². The Bertz CT molecular complexity index is 683. The maximum Gasteiger partial charge on any atom is 0.260 e. The van der Waals surface area contributed by atoms with Crippen LogP contribution in [0.3, 0.4) is 0 Å². The molecule has 0 spiro atoms. The van der Waals surface area contributed by atoms with E-state index in [1.54, 1.807) is 16.2 Å². The fourth-order valence-corrected chi connectivity index (χ4v) is 4.19. The lowest BCUT2D eigenvalue weighted by Gasteiger charge is -2.16. The summed E-state index contributed by atoms with van der Waals surface area (Å²) in [5.74, 6) is 0.784. The lowest BCUT2D eigenvalue weighted by atomic mass is 10.1. The minimum atomic E-state index is -0.00924. The molecular formula is C17H18BrNO2S. The van der Waals surface area contributed by atoms with Crippen molar-refractivity contribution in [3.8, 4) is 5.75 Å². The Morgan fingerprint density at radius 2 is 2.09 bits per heavy atom. The van der Waals surface area contributed by atoms with Crippen LogP contribution in [-0.4, -0.2) is 24.5 Å². The SMILES string of the molecule is CN(Cc1ccc(Br)s1)C(=O)COc1ccc2c(c1)CCC2. The summed E-state index contributed by atoms with van der Waals surface area (Å²) < 4.78 is 6.74. The number of amides is 1. The van der Waals surface area contributed by atoms with Crippen molar-refractivity contribution >= 4 is 33.2 Å². The molecule has 0 radical (unpaired) electrons. The van der Waals surface area contributed by atoms with Crippen molar-refractivity contribution in [1.82, 2.24) is 4.90 Å². The van der Waals surface area contributed by atoms with Crippen LogP contribution in [0.4, 0.5) is 0 Å². The Hall–Kier alpha value is -1.33. The van der Waals surface area contributed by atoms with Crippen LogP contribution in [0, 0.1) is 0 Å². The van der Waals surface area contributed by atoms with Gasteiger partial charge in [-0.15, -0.1) is 11.3 Å². The Kier molecular flexibility index (Phi) is 4.84. The van der Waals surface area contributed by atoms with Crippen LogP contribution in [-0.2, 0) is 24.2 Å². The second-order valence-electron chi connectivity index (χ2n) is 5.53. The number of aryl methyl sites for hydroxylation is 2. The first-order chi connectivity index (χ1) is 10.6. The number of rotatable bonds is 5. The van der Waals surface area contributed by atoms with Gasteiger partial charge in [-0.05, 0) is 70.6 Å². The Morgan fingerprint density at radius 1 is 1.27 bits per heavy atom. The second-order valence-corrected chi connectivity index (χ2v) is 8.08. The fraction of sp³-hybridized carbons (Fsp3) is 0.353. The van der Waals surface area contributed by atoms with Crippen molar-refractivity contribution in [2.75, 3.05) is 13.7 Å². The van der Waals surface area contributed by atoms with Gasteiger partial charge in [-0.25, -0.2) is 0 Å². The van der Waals surface area contributed by atoms with Crippen molar-refractivity contribution in [1.29, 1.82) is 0 Å². The number of halogens is 1. The van der Waals surface area contributed by atoms with E-state index < -0.39 is 0 Å². The third-order valence-corrected chi connectivity index (χ3v) is 5.49. The van der Waals surface area contributed by atoms with Crippen molar-refractivity contribution < 1.29 is 9.53 Å². The van der Waals surface area contributed by atoms with E-state index in [2.05, 4.69) is 28.1 Å². The normalized spacial score (nSPS) is 13.0. The second kappa shape index (κ2) is 6.84. The van der Waals surface area contributed by atoms with Gasteiger partial charge in [-0.3, -0.25) is 4.79 Å². The standard InChI is InChI=1S/C17H18BrNO2S/c1-19(10-15-7-8-16(18)22-15)17(20)11-21-14-6-5-12-3-2-4-13(12)9-14/h5-9H,2-4,10-11H2,1H3. The van der Waals surface area contributed by atoms with Gasteiger partial charge in [-0.2, -0.15) is 0 Å². The van der Waals surface area contributed by atoms with Crippen molar-refractivity contribution in [3.05, 3.63) is 50.1 Å². The van der Waals surface area contributed by atoms with Crippen molar-refractivity contribution in [2.24, 2.45) is 0 Å². The number of nitrogens with zero attached hydrogens (tertiary/aromatic N) is 1. The third kappa shape index (κ3) is 3.70. The van der Waals surface area contributed by atoms with E-state index in [1.807, 2.05) is 25.2 Å². The van der Waals surface area contributed by atoms with E-state index in [0.717, 1.165) is 27.3 Å². The molecule has 0 unspecified atom stereocenters. The van der Waals surface area contributed by atoms with Crippen LogP contribution in [0.2, 0.25) is 0 Å². The molecule has 0 aliphatic heterocycles. The minimum Gasteiger partial charge on any atom is -0.484 e. The summed E-state index contributed by atoms with van der Waals surface area (Å²) in [6, 6.07) is 10.2. The van der Waals surface area contributed by atoms with Gasteiger partial charge in [0, 0.05) is 11.9 Å². The molecule has 1 aromatic carbocycles. The number of carbonyl (C=O) groups excluding carboxylic acids is 1. The van der Waals surface area contributed by atoms with Gasteiger partial charge in [0.25, 0.3) is 5.91 Å². The summed E-state index contributed by atoms with van der Waals surface area (Å²) in [6.07, 6.45) is 3.50. The molecule has 0 bridgehead atoms. The molecule has 1 aliphatic carbocycles. The summed E-state index contributed by atoms with van der Waals surface area (Å²) in [5.41, 5.74) is 2.78. The van der Waals surface area contributed by atoms with E-state index in [9.17, 15) is 4.79 Å². The number of fused-ring (bicyclic) bond motifs is 1. The van der Waals surface area contributed by atoms with Gasteiger partial charge in [0.2, 0.25) is 0 Å². The number of benzene rings is 1. The van der Waals surface area contributed by atoms with Crippen LogP contribution in [0.25, 0.3) is 0 Å². The molecule has 22 heavy (non-hydrogen) atoms. The summed E-state index contributed by atoms with van der Waals surface area (Å²) in [6.45, 7) is 0.699. The van der Waals surface area contributed by atoms with E-state index >= 15 is 0 Å². The van der Waals surface area contributed by atoms with Gasteiger partial charge in [-0.1, -0.05) is 6.07 Å². The van der Waals surface area contributed by atoms with Gasteiger partial charge < -0.3 is 9.64 Å². The molecule has 3 nitrogen and oxygen atoms in total. The number of likely N-dealkylation sites (N-methyl/N-ethyl adjacent to an activating group) is 1. The van der Waals surface area contributed by atoms with E-state index in [4.69, 9.17) is 4.74 Å². The Morgan fingerprint density at radius 3 is 2.86 bits per heavy atom. The first-order valence-electron chi connectivity index (χ1n) is 7.34. The molecule has 0 fully saturated rings. The van der Waals surface area contributed by atoms with Crippen LogP contribution in [0.1, 0.15) is 22.4 Å². The maximum atomic E-state index is 12.2. The highest BCUT2D eigenvalue weighted by atomic mass is 79.9. The average Bonchev–Trinajstić information content (AvgIpc) is 3.12. The lowest BCUT2D eigenvalue weighted by Crippen LogP contribution is -2.30. The smallest absolute Gasteiger partial charge is 0.260 e. The molecule has 0 N–H and O–H groups in total. The predicted molar refractivity (Wildman–Crippen MR) is 92.5 cm³/mol. The van der Waals surface area contributed by atoms with Crippen LogP contribution in [0.15, 0.2) is 34.1 Å². The predicted octanol–water partition coefficient (Wildman–Crippen LogP) is 4.04. The first kappa shape index (κ1) is 15.6. The molecule has 0 saturated carbocycles. The fourth-order valence-electron chi connectivity index (χ4n) is 2.65. The average molecular weight is 380 g/mol. The number of hydrogen-bond acceptors (Lipinski definition) is 3. The molecule has 5 heteroatoms. The van der Waals surface area contributed by atoms with Crippen molar-refractivity contribution in [2.45, 2.75) is 25.8 Å². The summed E-state index contributed by atoms with van der Waals surface area (Å²) in [4.78, 5) is 15.0.